The molecule has 1 N–H and O–H groups in total. The summed E-state index contributed by atoms with van der Waals surface area (Å²) in [5.74, 6) is -0.154. The van der Waals surface area contributed by atoms with Gasteiger partial charge in [0.25, 0.3) is 0 Å². The summed E-state index contributed by atoms with van der Waals surface area (Å²) in [4.78, 5) is 4.24. The smallest absolute Gasteiger partial charge is 0.126 e. The molecule has 0 aliphatic carbocycles. The molecule has 2 nitrogen and oxygen atoms in total. The van der Waals surface area contributed by atoms with Crippen molar-refractivity contribution in [2.75, 3.05) is 0 Å². The van der Waals surface area contributed by atoms with Gasteiger partial charge in [-0.2, -0.15) is 0 Å². The van der Waals surface area contributed by atoms with Crippen molar-refractivity contribution in [2.24, 2.45) is 0 Å². The van der Waals surface area contributed by atoms with E-state index in [1.165, 1.54) is 0 Å². The highest BCUT2D eigenvalue weighted by atomic mass is 19.1. The third-order valence-electron chi connectivity index (χ3n) is 3.01. The number of nitrogens with zero attached hydrogens (tertiary/aromatic N) is 1. The number of pyridine rings is 1. The number of aryl methyl sites for hydroxylation is 1. The Balaban J connectivity index is 1.99. The molecule has 0 saturated carbocycles. The molecular formula is C15H17FN2. The fourth-order valence-electron chi connectivity index (χ4n) is 1.76. The maximum absolute atomic E-state index is 13.5. The normalized spacial score (nSPS) is 12.4. The highest BCUT2D eigenvalue weighted by Crippen LogP contribution is 2.16. The van der Waals surface area contributed by atoms with Gasteiger partial charge in [0.2, 0.25) is 0 Å². The molecule has 1 unspecified atom stereocenters. The van der Waals surface area contributed by atoms with E-state index in [0.717, 1.165) is 11.3 Å². The first-order chi connectivity index (χ1) is 8.66. The van der Waals surface area contributed by atoms with Crippen LogP contribution in [0.1, 0.15) is 29.8 Å². The van der Waals surface area contributed by atoms with E-state index in [1.807, 2.05) is 37.3 Å². The minimum Gasteiger partial charge on any atom is -0.305 e. The average molecular weight is 244 g/mol. The Kier molecular flexibility index (Phi) is 4.05. The lowest BCUT2D eigenvalue weighted by atomic mass is 10.1. The van der Waals surface area contributed by atoms with Crippen LogP contribution in [0.4, 0.5) is 4.39 Å². The lowest BCUT2D eigenvalue weighted by Crippen LogP contribution is -2.18. The van der Waals surface area contributed by atoms with E-state index in [-0.39, 0.29) is 11.9 Å². The summed E-state index contributed by atoms with van der Waals surface area (Å²) in [5, 5.41) is 3.33. The van der Waals surface area contributed by atoms with Crippen molar-refractivity contribution in [2.45, 2.75) is 26.4 Å². The van der Waals surface area contributed by atoms with Gasteiger partial charge in [-0.05, 0) is 43.2 Å². The largest absolute Gasteiger partial charge is 0.305 e. The Bertz CT molecular complexity index is 511. The second-order valence-corrected chi connectivity index (χ2v) is 4.43. The fraction of sp³-hybridized carbons (Fsp3) is 0.267. The summed E-state index contributed by atoms with van der Waals surface area (Å²) in [6.07, 6.45) is 1.77. The van der Waals surface area contributed by atoms with Crippen LogP contribution in [-0.4, -0.2) is 4.98 Å². The fourth-order valence-corrected chi connectivity index (χ4v) is 1.76. The Labute approximate surface area is 107 Å². The first-order valence-corrected chi connectivity index (χ1v) is 6.06. The summed E-state index contributed by atoms with van der Waals surface area (Å²) in [7, 11) is 0. The van der Waals surface area contributed by atoms with E-state index < -0.39 is 0 Å². The summed E-state index contributed by atoms with van der Waals surface area (Å²) in [6, 6.07) is 11.3. The van der Waals surface area contributed by atoms with Crippen LogP contribution < -0.4 is 5.32 Å². The van der Waals surface area contributed by atoms with E-state index in [1.54, 1.807) is 19.2 Å². The predicted molar refractivity (Wildman–Crippen MR) is 70.6 cm³/mol. The predicted octanol–water partition coefficient (Wildman–Crippen LogP) is 3.38. The Hall–Kier alpha value is -1.74. The molecule has 1 atom stereocenters. The molecule has 0 saturated heterocycles. The van der Waals surface area contributed by atoms with Crippen LogP contribution in [0.25, 0.3) is 0 Å². The van der Waals surface area contributed by atoms with Crippen LogP contribution in [0.2, 0.25) is 0 Å². The van der Waals surface area contributed by atoms with Gasteiger partial charge in [0.1, 0.15) is 5.82 Å². The molecule has 18 heavy (non-hydrogen) atoms. The molecule has 0 bridgehead atoms. The summed E-state index contributed by atoms with van der Waals surface area (Å²) < 4.78 is 13.5. The van der Waals surface area contributed by atoms with Gasteiger partial charge >= 0.3 is 0 Å². The highest BCUT2D eigenvalue weighted by molar-refractivity contribution is 5.25. The standard InChI is InChI=1S/C15H17FN2/c1-11-6-7-13(9-15(11)16)12(2)18-10-14-5-3-4-8-17-14/h3-9,12,18H,10H2,1-2H3. The minimum absolute atomic E-state index is 0.0992. The topological polar surface area (TPSA) is 24.9 Å². The number of halogens is 1. The summed E-state index contributed by atoms with van der Waals surface area (Å²) in [6.45, 7) is 4.47. The number of rotatable bonds is 4. The first-order valence-electron chi connectivity index (χ1n) is 6.06. The van der Waals surface area contributed by atoms with Gasteiger partial charge in [0.15, 0.2) is 0 Å². The second kappa shape index (κ2) is 5.74. The van der Waals surface area contributed by atoms with Gasteiger partial charge in [-0.3, -0.25) is 4.98 Å². The van der Waals surface area contributed by atoms with Crippen molar-refractivity contribution >= 4 is 0 Å². The van der Waals surface area contributed by atoms with Gasteiger partial charge in [0.05, 0.1) is 5.69 Å². The zero-order valence-electron chi connectivity index (χ0n) is 10.7. The van der Waals surface area contributed by atoms with Crippen LogP contribution in [0, 0.1) is 12.7 Å². The molecule has 0 amide bonds. The Morgan fingerprint density at radius 2 is 2.11 bits per heavy atom. The van der Waals surface area contributed by atoms with E-state index in [0.29, 0.717) is 12.1 Å². The molecule has 1 aromatic heterocycles. The van der Waals surface area contributed by atoms with E-state index in [9.17, 15) is 4.39 Å². The van der Waals surface area contributed by atoms with Crippen molar-refractivity contribution in [1.82, 2.24) is 10.3 Å². The van der Waals surface area contributed by atoms with Crippen molar-refractivity contribution in [3.63, 3.8) is 0 Å². The number of nitrogens with one attached hydrogen (secondary N) is 1. The maximum atomic E-state index is 13.5. The molecule has 0 fully saturated rings. The number of benzene rings is 1. The van der Waals surface area contributed by atoms with Gasteiger partial charge in [-0.25, -0.2) is 4.39 Å². The lowest BCUT2D eigenvalue weighted by Gasteiger charge is -2.14. The molecule has 94 valence electrons. The number of hydrogen-bond donors (Lipinski definition) is 1. The van der Waals surface area contributed by atoms with Crippen molar-refractivity contribution in [3.8, 4) is 0 Å². The van der Waals surface area contributed by atoms with Crippen molar-refractivity contribution in [1.29, 1.82) is 0 Å². The third-order valence-corrected chi connectivity index (χ3v) is 3.01. The molecule has 3 heteroatoms. The van der Waals surface area contributed by atoms with Gasteiger partial charge in [-0.15, -0.1) is 0 Å². The molecular weight excluding hydrogens is 227 g/mol. The molecule has 1 aromatic carbocycles. The number of aromatic nitrogens is 1. The van der Waals surface area contributed by atoms with Crippen LogP contribution in [0.5, 0.6) is 0 Å². The van der Waals surface area contributed by atoms with E-state index in [4.69, 9.17) is 0 Å². The first kappa shape index (κ1) is 12.7. The van der Waals surface area contributed by atoms with E-state index >= 15 is 0 Å². The van der Waals surface area contributed by atoms with Gasteiger partial charge in [-0.1, -0.05) is 18.2 Å². The Morgan fingerprint density at radius 3 is 2.78 bits per heavy atom. The molecule has 2 rings (SSSR count). The van der Waals surface area contributed by atoms with Crippen LogP contribution in [-0.2, 0) is 6.54 Å². The second-order valence-electron chi connectivity index (χ2n) is 4.43. The quantitative estimate of drug-likeness (QED) is 0.891. The zero-order chi connectivity index (χ0) is 13.0. The molecule has 0 radical (unpaired) electrons. The third kappa shape index (κ3) is 3.14. The van der Waals surface area contributed by atoms with Crippen LogP contribution >= 0.6 is 0 Å². The van der Waals surface area contributed by atoms with Crippen LogP contribution in [0.3, 0.4) is 0 Å². The maximum Gasteiger partial charge on any atom is 0.126 e. The molecule has 1 heterocycles. The number of hydrogen-bond acceptors (Lipinski definition) is 2. The minimum atomic E-state index is -0.154. The highest BCUT2D eigenvalue weighted by Gasteiger charge is 2.07. The molecule has 0 aliphatic heterocycles. The SMILES string of the molecule is Cc1ccc(C(C)NCc2ccccn2)cc1F. The molecule has 0 aliphatic rings. The zero-order valence-corrected chi connectivity index (χ0v) is 10.7. The summed E-state index contributed by atoms with van der Waals surface area (Å²) in [5.41, 5.74) is 2.61. The lowest BCUT2D eigenvalue weighted by molar-refractivity contribution is 0.558. The molecule has 0 spiro atoms. The van der Waals surface area contributed by atoms with Gasteiger partial charge in [0, 0.05) is 18.8 Å². The van der Waals surface area contributed by atoms with Crippen molar-refractivity contribution in [3.05, 3.63) is 65.2 Å². The van der Waals surface area contributed by atoms with Gasteiger partial charge < -0.3 is 5.32 Å². The summed E-state index contributed by atoms with van der Waals surface area (Å²) >= 11 is 0. The van der Waals surface area contributed by atoms with Crippen LogP contribution in [0.15, 0.2) is 42.6 Å². The van der Waals surface area contributed by atoms with Crippen molar-refractivity contribution < 1.29 is 4.39 Å². The average Bonchev–Trinajstić information content (AvgIpc) is 2.40. The Morgan fingerprint density at radius 1 is 1.28 bits per heavy atom. The molecule has 2 aromatic rings. The van der Waals surface area contributed by atoms with E-state index in [2.05, 4.69) is 10.3 Å². The monoisotopic (exact) mass is 244 g/mol.